The Balaban J connectivity index is 2.04. The normalized spacial score (nSPS) is 13.0. The first-order valence-electron chi connectivity index (χ1n) is 7.37. The third kappa shape index (κ3) is 5.00. The molecule has 0 saturated heterocycles. The fourth-order valence-corrected chi connectivity index (χ4v) is 2.92. The number of thiazole rings is 1. The predicted octanol–water partition coefficient (Wildman–Crippen LogP) is 4.43. The predicted molar refractivity (Wildman–Crippen MR) is 92.9 cm³/mol. The summed E-state index contributed by atoms with van der Waals surface area (Å²) in [4.78, 5) is 4.63. The SMILES string of the molecule is COCC(C)Oc1ccc(-c2csc(NC(C)(C)C)n2)cc1. The molecule has 0 aliphatic carbocycles. The smallest absolute Gasteiger partial charge is 0.183 e. The van der Waals surface area contributed by atoms with E-state index in [-0.39, 0.29) is 11.6 Å². The lowest BCUT2D eigenvalue weighted by atomic mass is 10.1. The van der Waals surface area contributed by atoms with Crippen LogP contribution in [0, 0.1) is 0 Å². The Morgan fingerprint density at radius 1 is 1.23 bits per heavy atom. The Bertz CT molecular complexity index is 587. The standard InChI is InChI=1S/C17H24N2O2S/c1-12(10-20-5)21-14-8-6-13(7-9-14)15-11-22-16(18-15)19-17(2,3)4/h6-9,11-12H,10H2,1-5H3,(H,18,19). The molecule has 0 spiro atoms. The van der Waals surface area contributed by atoms with E-state index < -0.39 is 0 Å². The Morgan fingerprint density at radius 3 is 2.50 bits per heavy atom. The molecule has 120 valence electrons. The van der Waals surface area contributed by atoms with Crippen LogP contribution in [0.5, 0.6) is 5.75 Å². The molecule has 0 fully saturated rings. The van der Waals surface area contributed by atoms with E-state index in [2.05, 4.69) is 36.5 Å². The Hall–Kier alpha value is -1.59. The summed E-state index contributed by atoms with van der Waals surface area (Å²) in [5.74, 6) is 0.844. The number of hydrogen-bond acceptors (Lipinski definition) is 5. The van der Waals surface area contributed by atoms with Crippen molar-refractivity contribution in [1.29, 1.82) is 0 Å². The fraction of sp³-hybridized carbons (Fsp3) is 0.471. The summed E-state index contributed by atoms with van der Waals surface area (Å²) in [6.07, 6.45) is 0.0395. The molecule has 1 heterocycles. The summed E-state index contributed by atoms with van der Waals surface area (Å²) >= 11 is 1.62. The Morgan fingerprint density at radius 2 is 1.91 bits per heavy atom. The van der Waals surface area contributed by atoms with Crippen molar-refractivity contribution >= 4 is 16.5 Å². The molecular weight excluding hydrogens is 296 g/mol. The zero-order chi connectivity index (χ0) is 16.2. The molecule has 5 heteroatoms. The van der Waals surface area contributed by atoms with Gasteiger partial charge >= 0.3 is 0 Å². The fourth-order valence-electron chi connectivity index (χ4n) is 1.99. The molecule has 1 aromatic carbocycles. The van der Waals surface area contributed by atoms with Gasteiger partial charge in [0.1, 0.15) is 11.9 Å². The van der Waals surface area contributed by atoms with Crippen LogP contribution in [0.3, 0.4) is 0 Å². The highest BCUT2D eigenvalue weighted by atomic mass is 32.1. The molecule has 0 aliphatic rings. The number of methoxy groups -OCH3 is 1. The van der Waals surface area contributed by atoms with Gasteiger partial charge in [0.2, 0.25) is 0 Å². The maximum Gasteiger partial charge on any atom is 0.183 e. The molecule has 1 aromatic heterocycles. The topological polar surface area (TPSA) is 43.4 Å². The van der Waals surface area contributed by atoms with E-state index in [0.29, 0.717) is 6.61 Å². The van der Waals surface area contributed by atoms with Crippen molar-refractivity contribution < 1.29 is 9.47 Å². The van der Waals surface area contributed by atoms with Crippen molar-refractivity contribution in [2.45, 2.75) is 39.3 Å². The number of nitrogens with one attached hydrogen (secondary N) is 1. The highest BCUT2D eigenvalue weighted by Crippen LogP contribution is 2.28. The van der Waals surface area contributed by atoms with Crippen molar-refractivity contribution in [3.63, 3.8) is 0 Å². The van der Waals surface area contributed by atoms with E-state index >= 15 is 0 Å². The minimum atomic E-state index is 0.0182. The quantitative estimate of drug-likeness (QED) is 0.855. The van der Waals surface area contributed by atoms with Crippen molar-refractivity contribution in [3.8, 4) is 17.0 Å². The van der Waals surface area contributed by atoms with Gasteiger partial charge in [-0.2, -0.15) is 0 Å². The molecule has 22 heavy (non-hydrogen) atoms. The number of benzene rings is 1. The summed E-state index contributed by atoms with van der Waals surface area (Å²) in [7, 11) is 1.68. The van der Waals surface area contributed by atoms with Crippen molar-refractivity contribution in [2.75, 3.05) is 19.0 Å². The minimum absolute atomic E-state index is 0.0182. The van der Waals surface area contributed by atoms with E-state index in [1.807, 2.05) is 31.2 Å². The second kappa shape index (κ2) is 7.11. The minimum Gasteiger partial charge on any atom is -0.488 e. The van der Waals surface area contributed by atoms with Crippen LogP contribution >= 0.6 is 11.3 Å². The molecule has 1 unspecified atom stereocenters. The number of nitrogens with zero attached hydrogens (tertiary/aromatic N) is 1. The van der Waals surface area contributed by atoms with Gasteiger partial charge in [-0.1, -0.05) is 0 Å². The van der Waals surface area contributed by atoms with Crippen molar-refractivity contribution in [2.24, 2.45) is 0 Å². The summed E-state index contributed by atoms with van der Waals surface area (Å²) in [5, 5.41) is 6.40. The zero-order valence-corrected chi connectivity index (χ0v) is 14.7. The van der Waals surface area contributed by atoms with Crippen molar-refractivity contribution in [1.82, 2.24) is 4.98 Å². The van der Waals surface area contributed by atoms with Gasteiger partial charge < -0.3 is 14.8 Å². The summed E-state index contributed by atoms with van der Waals surface area (Å²) in [6, 6.07) is 8.00. The van der Waals surface area contributed by atoms with Crippen LogP contribution in [0.4, 0.5) is 5.13 Å². The average molecular weight is 320 g/mol. The van der Waals surface area contributed by atoms with Gasteiger partial charge in [0.05, 0.1) is 12.3 Å². The first kappa shape index (κ1) is 16.8. The van der Waals surface area contributed by atoms with Gasteiger partial charge in [0.25, 0.3) is 0 Å². The van der Waals surface area contributed by atoms with Gasteiger partial charge in [-0.05, 0) is 52.0 Å². The lowest BCUT2D eigenvalue weighted by Crippen LogP contribution is -2.25. The number of aromatic nitrogens is 1. The number of ether oxygens (including phenoxy) is 2. The Labute approximate surface area is 136 Å². The van der Waals surface area contributed by atoms with Gasteiger partial charge in [-0.3, -0.25) is 0 Å². The molecule has 4 nitrogen and oxygen atoms in total. The van der Waals surface area contributed by atoms with Crippen LogP contribution in [0.2, 0.25) is 0 Å². The van der Waals surface area contributed by atoms with E-state index in [1.165, 1.54) is 0 Å². The molecule has 0 aliphatic heterocycles. The van der Waals surface area contributed by atoms with Crippen LogP contribution < -0.4 is 10.1 Å². The molecule has 2 rings (SSSR count). The van der Waals surface area contributed by atoms with Crippen LogP contribution in [0.1, 0.15) is 27.7 Å². The van der Waals surface area contributed by atoms with Gasteiger partial charge in [-0.25, -0.2) is 4.98 Å². The van der Waals surface area contributed by atoms with E-state index in [4.69, 9.17) is 9.47 Å². The second-order valence-electron chi connectivity index (χ2n) is 6.32. The molecule has 2 aromatic rings. The number of hydrogen-bond donors (Lipinski definition) is 1. The molecular formula is C17H24N2O2S. The molecule has 0 radical (unpaired) electrons. The molecule has 0 saturated carbocycles. The van der Waals surface area contributed by atoms with Gasteiger partial charge in [-0.15, -0.1) is 11.3 Å². The molecule has 1 N–H and O–H groups in total. The monoisotopic (exact) mass is 320 g/mol. The highest BCUT2D eigenvalue weighted by molar-refractivity contribution is 7.14. The lowest BCUT2D eigenvalue weighted by Gasteiger charge is -2.19. The maximum atomic E-state index is 5.76. The first-order chi connectivity index (χ1) is 10.4. The third-order valence-corrected chi connectivity index (χ3v) is 3.63. The molecule has 1 atom stereocenters. The highest BCUT2D eigenvalue weighted by Gasteiger charge is 2.12. The van der Waals surface area contributed by atoms with Crippen LogP contribution in [-0.2, 0) is 4.74 Å². The van der Waals surface area contributed by atoms with E-state index in [1.54, 1.807) is 18.4 Å². The number of anilines is 1. The van der Waals surface area contributed by atoms with Gasteiger partial charge in [0.15, 0.2) is 5.13 Å². The van der Waals surface area contributed by atoms with Crippen LogP contribution in [-0.4, -0.2) is 30.3 Å². The summed E-state index contributed by atoms with van der Waals surface area (Å²) < 4.78 is 10.8. The lowest BCUT2D eigenvalue weighted by molar-refractivity contribution is 0.0921. The molecule has 0 amide bonds. The first-order valence-corrected chi connectivity index (χ1v) is 8.25. The largest absolute Gasteiger partial charge is 0.488 e. The third-order valence-electron chi connectivity index (χ3n) is 2.87. The zero-order valence-electron chi connectivity index (χ0n) is 13.8. The number of rotatable bonds is 6. The average Bonchev–Trinajstić information content (AvgIpc) is 2.86. The maximum absolute atomic E-state index is 5.76. The summed E-state index contributed by atoms with van der Waals surface area (Å²) in [5.41, 5.74) is 2.09. The van der Waals surface area contributed by atoms with Crippen LogP contribution in [0.25, 0.3) is 11.3 Å². The van der Waals surface area contributed by atoms with E-state index in [9.17, 15) is 0 Å². The summed E-state index contributed by atoms with van der Waals surface area (Å²) in [6.45, 7) is 8.95. The van der Waals surface area contributed by atoms with Crippen molar-refractivity contribution in [3.05, 3.63) is 29.6 Å². The van der Waals surface area contributed by atoms with Gasteiger partial charge in [0, 0.05) is 23.6 Å². The van der Waals surface area contributed by atoms with Crippen LogP contribution in [0.15, 0.2) is 29.6 Å². The molecule has 0 bridgehead atoms. The second-order valence-corrected chi connectivity index (χ2v) is 7.18. The van der Waals surface area contributed by atoms with E-state index in [0.717, 1.165) is 22.1 Å². The Kier molecular flexibility index (Phi) is 5.42.